The van der Waals surface area contributed by atoms with Crippen LogP contribution < -0.4 is 10.6 Å². The first-order chi connectivity index (χ1) is 10.1. The summed E-state index contributed by atoms with van der Waals surface area (Å²) >= 11 is 0. The van der Waals surface area contributed by atoms with Crippen molar-refractivity contribution < 1.29 is 9.21 Å². The molecule has 2 aromatic rings. The lowest BCUT2D eigenvalue weighted by Crippen LogP contribution is -2.24. The van der Waals surface area contributed by atoms with Crippen molar-refractivity contribution in [2.75, 3.05) is 11.9 Å². The van der Waals surface area contributed by atoms with Gasteiger partial charge in [0, 0.05) is 23.7 Å². The monoisotopic (exact) mass is 287 g/mol. The number of hydrogen-bond acceptors (Lipinski definition) is 4. The molecule has 2 rings (SSSR count). The summed E-state index contributed by atoms with van der Waals surface area (Å²) in [7, 11) is 0. The zero-order chi connectivity index (χ0) is 15.1. The van der Waals surface area contributed by atoms with Crippen molar-refractivity contribution in [1.82, 2.24) is 10.3 Å². The standard InChI is InChI=1S/C16H21N3O2/c1-12(2)18-9-3-4-16(20)19-14-7-5-13(6-8-14)15-10-17-11-21-15/h5-8,10-12,18H,3-4,9H2,1-2H3,(H,19,20). The minimum atomic E-state index is 0.0352. The maximum atomic E-state index is 11.8. The molecule has 0 saturated heterocycles. The maximum Gasteiger partial charge on any atom is 0.224 e. The molecule has 0 aliphatic carbocycles. The Morgan fingerprint density at radius 1 is 1.29 bits per heavy atom. The van der Waals surface area contributed by atoms with E-state index in [1.807, 2.05) is 24.3 Å². The van der Waals surface area contributed by atoms with Crippen molar-refractivity contribution in [1.29, 1.82) is 0 Å². The number of anilines is 1. The van der Waals surface area contributed by atoms with Gasteiger partial charge in [-0.3, -0.25) is 4.79 Å². The van der Waals surface area contributed by atoms with Crippen molar-refractivity contribution >= 4 is 11.6 Å². The van der Waals surface area contributed by atoms with E-state index in [1.54, 1.807) is 6.20 Å². The SMILES string of the molecule is CC(C)NCCCC(=O)Nc1ccc(-c2cnco2)cc1. The summed E-state index contributed by atoms with van der Waals surface area (Å²) in [6.07, 6.45) is 4.41. The average molecular weight is 287 g/mol. The minimum absolute atomic E-state index is 0.0352. The van der Waals surface area contributed by atoms with Crippen LogP contribution in [-0.2, 0) is 4.79 Å². The Morgan fingerprint density at radius 2 is 2.05 bits per heavy atom. The molecule has 21 heavy (non-hydrogen) atoms. The molecule has 112 valence electrons. The molecule has 0 aliphatic heterocycles. The summed E-state index contributed by atoms with van der Waals surface area (Å²) in [4.78, 5) is 15.7. The molecule has 2 N–H and O–H groups in total. The van der Waals surface area contributed by atoms with E-state index in [1.165, 1.54) is 6.39 Å². The van der Waals surface area contributed by atoms with Gasteiger partial charge in [-0.15, -0.1) is 0 Å². The maximum absolute atomic E-state index is 11.8. The van der Waals surface area contributed by atoms with Gasteiger partial charge in [0.1, 0.15) is 0 Å². The molecular formula is C16H21N3O2. The molecule has 1 amide bonds. The number of carbonyl (C=O) groups excluding carboxylic acids is 1. The van der Waals surface area contributed by atoms with Gasteiger partial charge in [0.2, 0.25) is 5.91 Å². The van der Waals surface area contributed by atoms with Gasteiger partial charge in [-0.1, -0.05) is 13.8 Å². The third kappa shape index (κ3) is 5.04. The van der Waals surface area contributed by atoms with Gasteiger partial charge >= 0.3 is 0 Å². The number of hydrogen-bond donors (Lipinski definition) is 2. The molecule has 0 atom stereocenters. The van der Waals surface area contributed by atoms with Crippen LogP contribution in [0.25, 0.3) is 11.3 Å². The zero-order valence-electron chi connectivity index (χ0n) is 12.4. The van der Waals surface area contributed by atoms with Gasteiger partial charge in [-0.05, 0) is 37.2 Å². The van der Waals surface area contributed by atoms with Crippen molar-refractivity contribution in [2.45, 2.75) is 32.7 Å². The summed E-state index contributed by atoms with van der Waals surface area (Å²) in [6, 6.07) is 7.98. The Kier molecular flexibility index (Phi) is 5.51. The van der Waals surface area contributed by atoms with Crippen LogP contribution >= 0.6 is 0 Å². The van der Waals surface area contributed by atoms with E-state index < -0.39 is 0 Å². The van der Waals surface area contributed by atoms with Crippen LogP contribution in [0.3, 0.4) is 0 Å². The molecule has 1 heterocycles. The third-order valence-corrected chi connectivity index (χ3v) is 3.02. The van der Waals surface area contributed by atoms with Crippen molar-refractivity contribution in [3.63, 3.8) is 0 Å². The number of nitrogens with one attached hydrogen (secondary N) is 2. The average Bonchev–Trinajstić information content (AvgIpc) is 2.98. The highest BCUT2D eigenvalue weighted by Gasteiger charge is 2.04. The van der Waals surface area contributed by atoms with Gasteiger partial charge in [0.05, 0.1) is 6.20 Å². The van der Waals surface area contributed by atoms with E-state index in [-0.39, 0.29) is 5.91 Å². The van der Waals surface area contributed by atoms with Gasteiger partial charge in [-0.2, -0.15) is 0 Å². The summed E-state index contributed by atoms with van der Waals surface area (Å²) < 4.78 is 5.22. The molecule has 0 fully saturated rings. The zero-order valence-corrected chi connectivity index (χ0v) is 12.4. The first-order valence-electron chi connectivity index (χ1n) is 7.17. The number of rotatable bonds is 7. The molecular weight excluding hydrogens is 266 g/mol. The van der Waals surface area contributed by atoms with E-state index >= 15 is 0 Å². The van der Waals surface area contributed by atoms with E-state index in [0.717, 1.165) is 24.2 Å². The number of benzene rings is 1. The van der Waals surface area contributed by atoms with E-state index in [2.05, 4.69) is 29.5 Å². The van der Waals surface area contributed by atoms with Crippen LogP contribution in [0.5, 0.6) is 0 Å². The third-order valence-electron chi connectivity index (χ3n) is 3.02. The molecule has 0 radical (unpaired) electrons. The quantitative estimate of drug-likeness (QED) is 0.768. The molecule has 0 spiro atoms. The lowest BCUT2D eigenvalue weighted by molar-refractivity contribution is -0.116. The van der Waals surface area contributed by atoms with Crippen LogP contribution in [-0.4, -0.2) is 23.5 Å². The lowest BCUT2D eigenvalue weighted by atomic mass is 10.1. The molecule has 0 saturated carbocycles. The first-order valence-corrected chi connectivity index (χ1v) is 7.17. The molecule has 1 aromatic heterocycles. The molecule has 1 aromatic carbocycles. The number of aromatic nitrogens is 1. The minimum Gasteiger partial charge on any atom is -0.444 e. The Balaban J connectivity index is 1.79. The number of nitrogens with zero attached hydrogens (tertiary/aromatic N) is 1. The highest BCUT2D eigenvalue weighted by atomic mass is 16.3. The second-order valence-electron chi connectivity index (χ2n) is 5.20. The number of amides is 1. The largest absolute Gasteiger partial charge is 0.444 e. The van der Waals surface area contributed by atoms with Crippen molar-refractivity contribution in [3.05, 3.63) is 36.9 Å². The summed E-state index contributed by atoms with van der Waals surface area (Å²) in [6.45, 7) is 5.04. The fourth-order valence-corrected chi connectivity index (χ4v) is 1.94. The van der Waals surface area contributed by atoms with Crippen LogP contribution in [0.1, 0.15) is 26.7 Å². The van der Waals surface area contributed by atoms with Gasteiger partial charge < -0.3 is 15.1 Å². The van der Waals surface area contributed by atoms with Gasteiger partial charge in [0.25, 0.3) is 0 Å². The van der Waals surface area contributed by atoms with Crippen LogP contribution in [0.15, 0.2) is 41.3 Å². The molecule has 5 heteroatoms. The fraction of sp³-hybridized carbons (Fsp3) is 0.375. The summed E-state index contributed by atoms with van der Waals surface area (Å²) in [5.74, 6) is 0.751. The topological polar surface area (TPSA) is 67.2 Å². The van der Waals surface area contributed by atoms with Crippen LogP contribution in [0, 0.1) is 0 Å². The first kappa shape index (κ1) is 15.3. The highest BCUT2D eigenvalue weighted by Crippen LogP contribution is 2.20. The van der Waals surface area contributed by atoms with E-state index in [9.17, 15) is 4.79 Å². The van der Waals surface area contributed by atoms with Crippen LogP contribution in [0.2, 0.25) is 0 Å². The second-order valence-corrected chi connectivity index (χ2v) is 5.20. The second kappa shape index (κ2) is 7.59. The molecule has 0 unspecified atom stereocenters. The van der Waals surface area contributed by atoms with E-state index in [4.69, 9.17) is 4.42 Å². The predicted octanol–water partition coefficient (Wildman–Crippen LogP) is 3.06. The number of oxazole rings is 1. The Labute approximate surface area is 124 Å². The normalized spacial score (nSPS) is 10.8. The van der Waals surface area contributed by atoms with Crippen molar-refractivity contribution in [3.8, 4) is 11.3 Å². The highest BCUT2D eigenvalue weighted by molar-refractivity contribution is 5.90. The summed E-state index contributed by atoms with van der Waals surface area (Å²) in [5, 5.41) is 6.18. The summed E-state index contributed by atoms with van der Waals surface area (Å²) in [5.41, 5.74) is 1.73. The van der Waals surface area contributed by atoms with Crippen molar-refractivity contribution in [2.24, 2.45) is 0 Å². The predicted molar refractivity (Wildman–Crippen MR) is 82.9 cm³/mol. The Hall–Kier alpha value is -2.14. The fourth-order valence-electron chi connectivity index (χ4n) is 1.94. The lowest BCUT2D eigenvalue weighted by Gasteiger charge is -2.08. The van der Waals surface area contributed by atoms with Crippen LogP contribution in [0.4, 0.5) is 5.69 Å². The smallest absolute Gasteiger partial charge is 0.224 e. The van der Waals surface area contributed by atoms with Gasteiger partial charge in [-0.25, -0.2) is 4.98 Å². The molecule has 5 nitrogen and oxygen atoms in total. The Morgan fingerprint density at radius 3 is 2.67 bits per heavy atom. The van der Waals surface area contributed by atoms with Gasteiger partial charge in [0.15, 0.2) is 12.2 Å². The molecule has 0 bridgehead atoms. The molecule has 0 aliphatic rings. The van der Waals surface area contributed by atoms with E-state index in [0.29, 0.717) is 18.2 Å². The Bertz CT molecular complexity index is 547. The number of carbonyl (C=O) groups is 1.